The van der Waals surface area contributed by atoms with Gasteiger partial charge in [0.1, 0.15) is 23.4 Å². The molecule has 2 N–H and O–H groups in total. The molecule has 3 heterocycles. The number of hydrogen-bond donors (Lipinski definition) is 2. The van der Waals surface area contributed by atoms with Gasteiger partial charge in [0.05, 0.1) is 11.7 Å². The summed E-state index contributed by atoms with van der Waals surface area (Å²) < 4.78 is 19.0. The molecule has 1 saturated heterocycles. The van der Waals surface area contributed by atoms with Gasteiger partial charge in [-0.2, -0.15) is 0 Å². The first kappa shape index (κ1) is 20.0. The third kappa shape index (κ3) is 4.33. The number of carbonyl (C=O) groups excluding carboxylic acids is 1. The molecule has 0 spiro atoms. The fourth-order valence-corrected chi connectivity index (χ4v) is 3.88. The second-order valence-electron chi connectivity index (χ2n) is 7.07. The van der Waals surface area contributed by atoms with E-state index in [1.165, 1.54) is 24.3 Å². The summed E-state index contributed by atoms with van der Waals surface area (Å²) in [5.74, 6) is 1.03. The predicted molar refractivity (Wildman–Crippen MR) is 115 cm³/mol. The molecule has 2 aromatic heterocycles. The number of pyridine rings is 1. The van der Waals surface area contributed by atoms with Gasteiger partial charge in [-0.3, -0.25) is 9.78 Å². The molecule has 4 rings (SSSR count). The number of thiocarbonyl (C=S) groups is 1. The van der Waals surface area contributed by atoms with Crippen LogP contribution >= 0.6 is 12.2 Å². The van der Waals surface area contributed by atoms with E-state index in [-0.39, 0.29) is 30.2 Å². The van der Waals surface area contributed by atoms with Crippen LogP contribution in [0.1, 0.15) is 35.7 Å². The number of nitrogens with one attached hydrogen (secondary N) is 2. The first-order valence-corrected chi connectivity index (χ1v) is 10.0. The van der Waals surface area contributed by atoms with Gasteiger partial charge in [-0.15, -0.1) is 0 Å². The van der Waals surface area contributed by atoms with Crippen LogP contribution in [0, 0.1) is 12.7 Å². The van der Waals surface area contributed by atoms with Crippen LogP contribution in [0.25, 0.3) is 0 Å². The molecule has 0 radical (unpaired) electrons. The standard InChI is InChI=1S/C22H21FN4O2S/c1-14-5-10-18(29-14)21-20(17-4-2-3-12-24-17)26-22(30)27(21)13-11-19(28)25-16-8-6-15(23)7-9-16/h2-10,12,20-21H,11,13H2,1H3,(H,25,28)(H,26,30)/t20-,21+/m0/s1. The van der Waals surface area contributed by atoms with Crippen molar-refractivity contribution in [3.63, 3.8) is 0 Å². The molecular weight excluding hydrogens is 403 g/mol. The Hall–Kier alpha value is -3.26. The number of carbonyl (C=O) groups is 1. The number of rotatable bonds is 6. The molecule has 0 bridgehead atoms. The lowest BCUT2D eigenvalue weighted by atomic mass is 10.0. The molecule has 1 aliphatic heterocycles. The lowest BCUT2D eigenvalue weighted by Gasteiger charge is -2.25. The summed E-state index contributed by atoms with van der Waals surface area (Å²) in [5.41, 5.74) is 1.39. The maximum absolute atomic E-state index is 13.0. The number of benzene rings is 1. The van der Waals surface area contributed by atoms with E-state index in [1.807, 2.05) is 42.2 Å². The van der Waals surface area contributed by atoms with E-state index >= 15 is 0 Å². The maximum atomic E-state index is 13.0. The zero-order chi connectivity index (χ0) is 21.1. The highest BCUT2D eigenvalue weighted by molar-refractivity contribution is 7.80. The molecule has 8 heteroatoms. The molecule has 154 valence electrons. The van der Waals surface area contributed by atoms with Crippen LogP contribution in [0.4, 0.5) is 10.1 Å². The van der Waals surface area contributed by atoms with Crippen molar-refractivity contribution in [1.29, 1.82) is 0 Å². The van der Waals surface area contributed by atoms with Crippen molar-refractivity contribution in [2.24, 2.45) is 0 Å². The molecule has 3 aromatic rings. The molecule has 0 saturated carbocycles. The summed E-state index contributed by atoms with van der Waals surface area (Å²) in [5, 5.41) is 6.64. The summed E-state index contributed by atoms with van der Waals surface area (Å²) in [6.07, 6.45) is 1.95. The highest BCUT2D eigenvalue weighted by Crippen LogP contribution is 2.39. The van der Waals surface area contributed by atoms with Crippen molar-refractivity contribution in [2.45, 2.75) is 25.4 Å². The Labute approximate surface area is 179 Å². The Kier molecular flexibility index (Phi) is 5.76. The maximum Gasteiger partial charge on any atom is 0.226 e. The Morgan fingerprint density at radius 2 is 2.03 bits per heavy atom. The Balaban J connectivity index is 1.51. The fraction of sp³-hybridized carbons (Fsp3) is 0.227. The number of anilines is 1. The summed E-state index contributed by atoms with van der Waals surface area (Å²) in [7, 11) is 0. The van der Waals surface area contributed by atoms with Gasteiger partial charge < -0.3 is 20.0 Å². The number of halogens is 1. The van der Waals surface area contributed by atoms with E-state index in [2.05, 4.69) is 15.6 Å². The predicted octanol–water partition coefficient (Wildman–Crippen LogP) is 4.12. The Morgan fingerprint density at radius 1 is 1.23 bits per heavy atom. The van der Waals surface area contributed by atoms with Crippen LogP contribution in [0.2, 0.25) is 0 Å². The molecule has 0 unspecified atom stereocenters. The van der Waals surface area contributed by atoms with Gasteiger partial charge in [-0.1, -0.05) is 6.07 Å². The molecule has 1 aliphatic rings. The summed E-state index contributed by atoms with van der Waals surface area (Å²) in [6, 6.07) is 14.8. The van der Waals surface area contributed by atoms with E-state index in [0.29, 0.717) is 17.3 Å². The Morgan fingerprint density at radius 3 is 2.70 bits per heavy atom. The Bertz CT molecular complexity index is 1040. The van der Waals surface area contributed by atoms with E-state index in [1.54, 1.807) is 6.20 Å². The van der Waals surface area contributed by atoms with Gasteiger partial charge in [-0.05, 0) is 67.7 Å². The van der Waals surface area contributed by atoms with Crippen LogP contribution < -0.4 is 10.6 Å². The van der Waals surface area contributed by atoms with Crippen molar-refractivity contribution in [1.82, 2.24) is 15.2 Å². The van der Waals surface area contributed by atoms with E-state index in [0.717, 1.165) is 17.2 Å². The minimum absolute atomic E-state index is 0.180. The first-order valence-electron chi connectivity index (χ1n) is 9.61. The van der Waals surface area contributed by atoms with Crippen molar-refractivity contribution in [3.8, 4) is 0 Å². The molecule has 1 fully saturated rings. The van der Waals surface area contributed by atoms with Crippen LogP contribution in [0.5, 0.6) is 0 Å². The number of nitrogens with zero attached hydrogens (tertiary/aromatic N) is 2. The van der Waals surface area contributed by atoms with Crippen LogP contribution in [0.15, 0.2) is 65.2 Å². The average molecular weight is 425 g/mol. The van der Waals surface area contributed by atoms with Gasteiger partial charge in [0.15, 0.2) is 5.11 Å². The molecule has 2 atom stereocenters. The largest absolute Gasteiger partial charge is 0.464 e. The zero-order valence-corrected chi connectivity index (χ0v) is 17.2. The molecular formula is C22H21FN4O2S. The third-order valence-corrected chi connectivity index (χ3v) is 5.31. The number of aryl methyl sites for hydroxylation is 1. The first-order chi connectivity index (χ1) is 14.5. The van der Waals surface area contributed by atoms with Gasteiger partial charge in [0.2, 0.25) is 5.91 Å². The summed E-state index contributed by atoms with van der Waals surface area (Å²) in [4.78, 5) is 18.9. The number of furan rings is 1. The SMILES string of the molecule is Cc1ccc([C@@H]2[C@H](c3ccccn3)NC(=S)N2CCC(=O)Nc2ccc(F)cc2)o1. The van der Waals surface area contributed by atoms with E-state index in [4.69, 9.17) is 16.6 Å². The second kappa shape index (κ2) is 8.62. The second-order valence-corrected chi connectivity index (χ2v) is 7.46. The van der Waals surface area contributed by atoms with Crippen molar-refractivity contribution in [2.75, 3.05) is 11.9 Å². The number of amides is 1. The highest BCUT2D eigenvalue weighted by atomic mass is 32.1. The highest BCUT2D eigenvalue weighted by Gasteiger charge is 2.41. The van der Waals surface area contributed by atoms with Crippen LogP contribution in [0.3, 0.4) is 0 Å². The topological polar surface area (TPSA) is 70.4 Å². The third-order valence-electron chi connectivity index (χ3n) is 4.96. The quantitative estimate of drug-likeness (QED) is 0.580. The lowest BCUT2D eigenvalue weighted by molar-refractivity contribution is -0.116. The number of aromatic nitrogens is 1. The minimum Gasteiger partial charge on any atom is -0.464 e. The van der Waals surface area contributed by atoms with Crippen molar-refractivity contribution < 1.29 is 13.6 Å². The summed E-state index contributed by atoms with van der Waals surface area (Å²) in [6.45, 7) is 2.28. The van der Waals surface area contributed by atoms with Gasteiger partial charge in [-0.25, -0.2) is 4.39 Å². The lowest BCUT2D eigenvalue weighted by Crippen LogP contribution is -2.32. The van der Waals surface area contributed by atoms with Gasteiger partial charge in [0.25, 0.3) is 0 Å². The molecule has 1 amide bonds. The number of hydrogen-bond acceptors (Lipinski definition) is 4. The molecule has 0 aliphatic carbocycles. The average Bonchev–Trinajstić information content (AvgIpc) is 3.31. The monoisotopic (exact) mass is 424 g/mol. The normalized spacial score (nSPS) is 18.3. The minimum atomic E-state index is -0.348. The van der Waals surface area contributed by atoms with Crippen LogP contribution in [-0.2, 0) is 4.79 Å². The van der Waals surface area contributed by atoms with Crippen molar-refractivity contribution >= 4 is 28.9 Å². The van der Waals surface area contributed by atoms with Gasteiger partial charge >= 0.3 is 0 Å². The van der Waals surface area contributed by atoms with Gasteiger partial charge in [0, 0.05) is 24.8 Å². The molecule has 30 heavy (non-hydrogen) atoms. The molecule has 6 nitrogen and oxygen atoms in total. The summed E-state index contributed by atoms with van der Waals surface area (Å²) >= 11 is 5.57. The van der Waals surface area contributed by atoms with Crippen LogP contribution in [-0.4, -0.2) is 27.4 Å². The zero-order valence-electron chi connectivity index (χ0n) is 16.3. The fourth-order valence-electron chi connectivity index (χ4n) is 3.55. The van der Waals surface area contributed by atoms with E-state index in [9.17, 15) is 9.18 Å². The van der Waals surface area contributed by atoms with E-state index < -0.39 is 0 Å². The molecule has 1 aromatic carbocycles. The smallest absolute Gasteiger partial charge is 0.226 e. The van der Waals surface area contributed by atoms with Crippen molar-refractivity contribution in [3.05, 3.63) is 83.8 Å².